The van der Waals surface area contributed by atoms with Crippen molar-refractivity contribution >= 4 is 11.9 Å². The maximum atomic E-state index is 13.0. The normalized spacial score (nSPS) is 17.7. The Morgan fingerprint density at radius 3 is 1.04 bits per heavy atom. The summed E-state index contributed by atoms with van der Waals surface area (Å²) in [5.74, 6) is -0.164. The van der Waals surface area contributed by atoms with Gasteiger partial charge in [-0.05, 0) is 83.5 Å². The summed E-state index contributed by atoms with van der Waals surface area (Å²) in [5.41, 5.74) is 0. The number of aliphatic hydroxyl groups excluding tert-OH is 5. The Balaban J connectivity index is 1.86. The molecule has 1 saturated heterocycles. The van der Waals surface area contributed by atoms with Crippen LogP contribution in [0.3, 0.4) is 0 Å². The fourth-order valence-corrected chi connectivity index (χ4v) is 12.9. The maximum absolute atomic E-state index is 13.0. The molecule has 6 N–H and O–H groups in total. The van der Waals surface area contributed by atoms with Gasteiger partial charge in [0.1, 0.15) is 24.4 Å². The highest BCUT2D eigenvalue weighted by Crippen LogP contribution is 2.24. The van der Waals surface area contributed by atoms with Crippen molar-refractivity contribution in [3.63, 3.8) is 0 Å². The molecule has 92 heavy (non-hydrogen) atoms. The number of esters is 1. The first kappa shape index (κ1) is 87.9. The number of amides is 1. The van der Waals surface area contributed by atoms with Gasteiger partial charge in [0.15, 0.2) is 6.29 Å². The van der Waals surface area contributed by atoms with Crippen molar-refractivity contribution in [2.45, 2.75) is 448 Å². The lowest BCUT2D eigenvalue weighted by atomic mass is 9.99. The van der Waals surface area contributed by atoms with Crippen LogP contribution >= 0.6 is 0 Å². The van der Waals surface area contributed by atoms with Gasteiger partial charge in [-0.1, -0.05) is 346 Å². The van der Waals surface area contributed by atoms with Gasteiger partial charge in [-0.15, -0.1) is 0 Å². The molecule has 0 aromatic heterocycles. The molecule has 1 fully saturated rings. The van der Waals surface area contributed by atoms with E-state index in [2.05, 4.69) is 43.5 Å². The number of hydrogen-bond acceptors (Lipinski definition) is 10. The van der Waals surface area contributed by atoms with E-state index in [1.54, 1.807) is 6.08 Å². The molecule has 7 atom stereocenters. The minimum Gasteiger partial charge on any atom is -0.466 e. The Morgan fingerprint density at radius 1 is 0.391 bits per heavy atom. The minimum absolute atomic E-state index is 0.0138. The molecular formula is C81H153NO10. The molecule has 0 bridgehead atoms. The number of rotatable bonds is 72. The van der Waals surface area contributed by atoms with Crippen LogP contribution in [0.5, 0.6) is 0 Å². The van der Waals surface area contributed by atoms with E-state index >= 15 is 0 Å². The van der Waals surface area contributed by atoms with Crippen LogP contribution in [0, 0.1) is 0 Å². The second kappa shape index (κ2) is 70.2. The molecule has 1 amide bonds. The van der Waals surface area contributed by atoms with Crippen LogP contribution in [0.4, 0.5) is 0 Å². The predicted octanol–water partition coefficient (Wildman–Crippen LogP) is 21.7. The Bertz CT molecular complexity index is 1620. The zero-order valence-corrected chi connectivity index (χ0v) is 60.5. The molecule has 0 saturated carbocycles. The lowest BCUT2D eigenvalue weighted by Gasteiger charge is -2.40. The molecule has 7 unspecified atom stereocenters. The van der Waals surface area contributed by atoms with E-state index in [0.717, 1.165) is 57.8 Å². The van der Waals surface area contributed by atoms with Crippen molar-refractivity contribution in [2.75, 3.05) is 19.8 Å². The average molecular weight is 1300 g/mol. The van der Waals surface area contributed by atoms with Gasteiger partial charge in [0, 0.05) is 12.8 Å². The molecule has 11 nitrogen and oxygen atoms in total. The van der Waals surface area contributed by atoms with Crippen LogP contribution < -0.4 is 5.32 Å². The summed E-state index contributed by atoms with van der Waals surface area (Å²) in [6, 6.07) is -0.806. The van der Waals surface area contributed by atoms with Gasteiger partial charge in [0.25, 0.3) is 0 Å². The lowest BCUT2D eigenvalue weighted by Crippen LogP contribution is -2.60. The van der Waals surface area contributed by atoms with E-state index < -0.39 is 49.5 Å². The Morgan fingerprint density at radius 2 is 0.696 bits per heavy atom. The molecule has 0 aromatic carbocycles. The number of carbonyl (C=O) groups excluding carboxylic acids is 2. The van der Waals surface area contributed by atoms with E-state index in [1.807, 2.05) is 6.08 Å². The molecule has 1 aliphatic rings. The standard InChI is InChI=1S/C81H153NO10/c1-3-5-7-9-11-13-15-16-17-18-36-40-43-46-49-53-57-61-65-69-77(86)90-70-66-62-58-54-50-47-44-41-38-35-33-31-29-27-25-23-21-19-20-22-24-26-28-30-32-34-37-39-42-45-48-52-56-60-64-68-76(85)82-73(72-91-81-80(89)79(88)78(87)75(71-83)92-81)74(84)67-63-59-55-51-14-12-10-8-6-4-2/h16-17,21,23,63,67,73-75,78-81,83-84,87-89H,3-15,18-20,22,24-62,64-66,68-72H2,1-2H3,(H,82,85)/b17-16-,23-21-,67-63+. The summed E-state index contributed by atoms with van der Waals surface area (Å²) in [6.07, 6.45) is 81.9. The van der Waals surface area contributed by atoms with E-state index in [0.29, 0.717) is 19.4 Å². The summed E-state index contributed by atoms with van der Waals surface area (Å²) < 4.78 is 16.8. The number of nitrogens with one attached hydrogen (secondary N) is 1. The molecule has 0 spiro atoms. The van der Waals surface area contributed by atoms with Gasteiger partial charge in [0.05, 0.1) is 32.0 Å². The van der Waals surface area contributed by atoms with Crippen molar-refractivity contribution < 1.29 is 49.3 Å². The Labute approximate surface area is 568 Å². The zero-order valence-electron chi connectivity index (χ0n) is 60.5. The highest BCUT2D eigenvalue weighted by Gasteiger charge is 2.44. The molecule has 1 heterocycles. The third kappa shape index (κ3) is 58.1. The third-order valence-corrected chi connectivity index (χ3v) is 19.2. The zero-order chi connectivity index (χ0) is 66.5. The monoisotopic (exact) mass is 1300 g/mol. The average Bonchev–Trinajstić information content (AvgIpc) is 1.42. The third-order valence-electron chi connectivity index (χ3n) is 19.2. The van der Waals surface area contributed by atoms with Crippen molar-refractivity contribution in [1.29, 1.82) is 0 Å². The van der Waals surface area contributed by atoms with Crippen molar-refractivity contribution in [2.24, 2.45) is 0 Å². The molecule has 542 valence electrons. The van der Waals surface area contributed by atoms with Crippen molar-refractivity contribution in [3.05, 3.63) is 36.5 Å². The predicted molar refractivity (Wildman–Crippen MR) is 389 cm³/mol. The number of ether oxygens (including phenoxy) is 3. The Hall–Kier alpha value is -2.12. The highest BCUT2D eigenvalue weighted by atomic mass is 16.7. The minimum atomic E-state index is -1.57. The summed E-state index contributed by atoms with van der Waals surface area (Å²) >= 11 is 0. The van der Waals surface area contributed by atoms with Crippen LogP contribution in [0.25, 0.3) is 0 Å². The molecule has 0 radical (unpaired) electrons. The summed E-state index contributed by atoms with van der Waals surface area (Å²) in [5, 5.41) is 54.4. The van der Waals surface area contributed by atoms with E-state index in [1.165, 1.54) is 321 Å². The van der Waals surface area contributed by atoms with Gasteiger partial charge in [-0.3, -0.25) is 9.59 Å². The van der Waals surface area contributed by atoms with Gasteiger partial charge in [-0.2, -0.15) is 0 Å². The summed E-state index contributed by atoms with van der Waals surface area (Å²) in [6.45, 7) is 4.37. The topological polar surface area (TPSA) is 175 Å². The first-order valence-electron chi connectivity index (χ1n) is 40.3. The quantitative estimate of drug-likeness (QED) is 0.0195. The number of unbranched alkanes of at least 4 members (excludes halogenated alkanes) is 54. The van der Waals surface area contributed by atoms with Crippen LogP contribution in [0.15, 0.2) is 36.5 Å². The van der Waals surface area contributed by atoms with Gasteiger partial charge >= 0.3 is 5.97 Å². The SMILES string of the molecule is CCCCCCCC/C=C\CCCCCCCCCCCC(=O)OCCCCCCCCCCCCCCCC/C=C\CCCCCCCCCCCCCCCCCCCC(=O)NC(COC1OC(CO)C(O)C(O)C1O)C(O)/C=C/CCCCCCCCCC. The number of aliphatic hydroxyl groups is 5. The summed E-state index contributed by atoms with van der Waals surface area (Å²) in [7, 11) is 0. The first-order valence-corrected chi connectivity index (χ1v) is 40.3. The molecule has 0 aromatic rings. The molecule has 0 aliphatic carbocycles. The molecular weight excluding hydrogens is 1150 g/mol. The van der Waals surface area contributed by atoms with Gasteiger partial charge in [-0.25, -0.2) is 0 Å². The largest absolute Gasteiger partial charge is 0.466 e. The number of hydrogen-bond donors (Lipinski definition) is 6. The molecule has 1 aliphatic heterocycles. The fourth-order valence-electron chi connectivity index (χ4n) is 12.9. The second-order valence-corrected chi connectivity index (χ2v) is 28.1. The summed E-state index contributed by atoms with van der Waals surface area (Å²) in [4.78, 5) is 25.2. The van der Waals surface area contributed by atoms with Crippen molar-refractivity contribution in [3.8, 4) is 0 Å². The van der Waals surface area contributed by atoms with E-state index in [-0.39, 0.29) is 18.5 Å². The van der Waals surface area contributed by atoms with Crippen LogP contribution in [0.2, 0.25) is 0 Å². The fraction of sp³-hybridized carbons (Fsp3) is 0.901. The van der Waals surface area contributed by atoms with Crippen LogP contribution in [-0.2, 0) is 23.8 Å². The van der Waals surface area contributed by atoms with Gasteiger partial charge in [0.2, 0.25) is 5.91 Å². The van der Waals surface area contributed by atoms with E-state index in [9.17, 15) is 35.1 Å². The number of carbonyl (C=O) groups is 2. The molecule has 1 rings (SSSR count). The van der Waals surface area contributed by atoms with E-state index in [4.69, 9.17) is 14.2 Å². The first-order chi connectivity index (χ1) is 45.2. The molecule has 11 heteroatoms. The Kier molecular flexibility index (Phi) is 67.1. The van der Waals surface area contributed by atoms with Crippen LogP contribution in [0.1, 0.15) is 406 Å². The number of allylic oxidation sites excluding steroid dienone is 5. The van der Waals surface area contributed by atoms with Crippen LogP contribution in [-0.4, -0.2) is 100 Å². The second-order valence-electron chi connectivity index (χ2n) is 28.1. The van der Waals surface area contributed by atoms with Crippen molar-refractivity contribution in [1.82, 2.24) is 5.32 Å². The van der Waals surface area contributed by atoms with Gasteiger partial charge < -0.3 is 45.1 Å². The highest BCUT2D eigenvalue weighted by molar-refractivity contribution is 5.76. The maximum Gasteiger partial charge on any atom is 0.305 e. The smallest absolute Gasteiger partial charge is 0.305 e. The lowest BCUT2D eigenvalue weighted by molar-refractivity contribution is -0.302.